The van der Waals surface area contributed by atoms with Crippen molar-refractivity contribution in [1.82, 2.24) is 10.2 Å². The van der Waals surface area contributed by atoms with E-state index in [1.807, 2.05) is 6.07 Å². The molecule has 7 heteroatoms. The Labute approximate surface area is 186 Å². The molecule has 0 spiro atoms. The van der Waals surface area contributed by atoms with Gasteiger partial charge in [-0.3, -0.25) is 9.69 Å². The lowest BCUT2D eigenvalue weighted by Gasteiger charge is -2.31. The summed E-state index contributed by atoms with van der Waals surface area (Å²) in [6.45, 7) is 7.04. The number of unbranched alkanes of at least 4 members (excludes halogenated alkanes) is 4. The highest BCUT2D eigenvalue weighted by Gasteiger charge is 2.26. The van der Waals surface area contributed by atoms with Crippen LogP contribution in [0.1, 0.15) is 70.5 Å². The number of rotatable bonds is 15. The third-order valence-electron chi connectivity index (χ3n) is 5.55. The maximum absolute atomic E-state index is 12.6. The predicted molar refractivity (Wildman–Crippen MR) is 122 cm³/mol. The molecule has 2 rings (SSSR count). The molecule has 1 aromatic rings. The number of nitrogens with zero attached hydrogens (tertiary/aromatic N) is 1. The van der Waals surface area contributed by atoms with E-state index in [1.54, 1.807) is 12.1 Å². The number of hydrogen-bond donors (Lipinski definition) is 3. The molecule has 0 radical (unpaired) electrons. The molecular weight excluding hydrogens is 396 g/mol. The summed E-state index contributed by atoms with van der Waals surface area (Å²) in [5.41, 5.74) is 0.679. The Kier molecular flexibility index (Phi) is 11.7. The van der Waals surface area contributed by atoms with E-state index in [2.05, 4.69) is 24.1 Å². The zero-order valence-electron chi connectivity index (χ0n) is 19.1. The molecule has 0 fully saturated rings. The zero-order chi connectivity index (χ0) is 22.5. The summed E-state index contributed by atoms with van der Waals surface area (Å²) in [6.07, 6.45) is 5.91. The van der Waals surface area contributed by atoms with Gasteiger partial charge in [0.15, 0.2) is 11.5 Å². The van der Waals surface area contributed by atoms with Crippen LogP contribution in [-0.4, -0.2) is 66.5 Å². The monoisotopic (exact) mass is 436 g/mol. The van der Waals surface area contributed by atoms with Crippen molar-refractivity contribution in [2.24, 2.45) is 0 Å². The smallest absolute Gasteiger partial charge is 0.220 e. The predicted octanol–water partition coefficient (Wildman–Crippen LogP) is 3.04. The lowest BCUT2D eigenvalue weighted by Crippen LogP contribution is -2.48. The number of carbonyl (C=O) groups excluding carboxylic acids is 1. The molecule has 0 bridgehead atoms. The van der Waals surface area contributed by atoms with Crippen LogP contribution in [0.3, 0.4) is 0 Å². The van der Waals surface area contributed by atoms with Gasteiger partial charge in [0.25, 0.3) is 0 Å². The van der Waals surface area contributed by atoms with E-state index in [0.29, 0.717) is 49.8 Å². The number of carbonyl (C=O) groups is 1. The van der Waals surface area contributed by atoms with Gasteiger partial charge in [0, 0.05) is 19.5 Å². The highest BCUT2D eigenvalue weighted by molar-refractivity contribution is 5.76. The van der Waals surface area contributed by atoms with Gasteiger partial charge in [-0.05, 0) is 37.1 Å². The average molecular weight is 437 g/mol. The van der Waals surface area contributed by atoms with Crippen molar-refractivity contribution in [3.05, 3.63) is 23.8 Å². The number of fused-ring (bicyclic) bond motifs is 1. The quantitative estimate of drug-likeness (QED) is 0.366. The average Bonchev–Trinajstić information content (AvgIpc) is 2.78. The summed E-state index contributed by atoms with van der Waals surface area (Å²) < 4.78 is 11.2. The van der Waals surface area contributed by atoms with Gasteiger partial charge in [-0.2, -0.15) is 0 Å². The maximum atomic E-state index is 12.6. The van der Waals surface area contributed by atoms with Gasteiger partial charge in [0.2, 0.25) is 5.91 Å². The van der Waals surface area contributed by atoms with E-state index in [9.17, 15) is 15.0 Å². The van der Waals surface area contributed by atoms with Gasteiger partial charge in [0.1, 0.15) is 19.3 Å². The van der Waals surface area contributed by atoms with Crippen molar-refractivity contribution in [2.45, 2.75) is 70.9 Å². The summed E-state index contributed by atoms with van der Waals surface area (Å²) in [5, 5.41) is 23.6. The largest absolute Gasteiger partial charge is 0.486 e. The van der Waals surface area contributed by atoms with E-state index in [1.165, 1.54) is 12.8 Å². The number of hydrogen-bond acceptors (Lipinski definition) is 6. The lowest BCUT2D eigenvalue weighted by molar-refractivity contribution is -0.123. The fraction of sp³-hybridized carbons (Fsp3) is 0.708. The Balaban J connectivity index is 2.07. The first-order chi connectivity index (χ1) is 15.1. The van der Waals surface area contributed by atoms with Crippen LogP contribution in [0.25, 0.3) is 0 Å². The minimum atomic E-state index is -0.891. The number of nitrogens with one attached hydrogen (secondary N) is 1. The number of benzene rings is 1. The van der Waals surface area contributed by atoms with Gasteiger partial charge < -0.3 is 25.0 Å². The van der Waals surface area contributed by atoms with Crippen molar-refractivity contribution in [1.29, 1.82) is 0 Å². The SMILES string of the molecule is CCCCCCCC(=O)N[C@H](CN(CCC)CCO)C(O)c1ccc2c(c1)OCCO2. The van der Waals surface area contributed by atoms with Gasteiger partial charge in [-0.1, -0.05) is 45.6 Å². The van der Waals surface area contributed by atoms with E-state index in [-0.39, 0.29) is 12.5 Å². The normalized spacial score (nSPS) is 15.0. The van der Waals surface area contributed by atoms with E-state index in [4.69, 9.17) is 9.47 Å². The lowest BCUT2D eigenvalue weighted by atomic mass is 10.00. The second-order valence-electron chi connectivity index (χ2n) is 8.21. The molecule has 0 saturated carbocycles. The first kappa shape index (κ1) is 25.4. The molecule has 2 atom stereocenters. The van der Waals surface area contributed by atoms with Crippen molar-refractivity contribution < 1.29 is 24.5 Å². The Morgan fingerprint density at radius 1 is 1.06 bits per heavy atom. The number of aliphatic hydroxyl groups excluding tert-OH is 2. The van der Waals surface area contributed by atoms with Crippen LogP contribution in [0.4, 0.5) is 0 Å². The molecule has 3 N–H and O–H groups in total. The molecule has 176 valence electrons. The Morgan fingerprint density at radius 2 is 1.81 bits per heavy atom. The third kappa shape index (κ3) is 8.67. The molecule has 31 heavy (non-hydrogen) atoms. The summed E-state index contributed by atoms with van der Waals surface area (Å²) in [7, 11) is 0. The molecule has 1 aromatic carbocycles. The van der Waals surface area contributed by atoms with Gasteiger partial charge in [-0.25, -0.2) is 0 Å². The maximum Gasteiger partial charge on any atom is 0.220 e. The fourth-order valence-electron chi connectivity index (χ4n) is 3.90. The second-order valence-corrected chi connectivity index (χ2v) is 8.21. The van der Waals surface area contributed by atoms with Crippen molar-refractivity contribution in [2.75, 3.05) is 39.5 Å². The Hall–Kier alpha value is -1.83. The highest BCUT2D eigenvalue weighted by atomic mass is 16.6. The van der Waals surface area contributed by atoms with Crippen LogP contribution >= 0.6 is 0 Å². The molecule has 0 saturated heterocycles. The third-order valence-corrected chi connectivity index (χ3v) is 5.55. The van der Waals surface area contributed by atoms with E-state index in [0.717, 1.165) is 32.2 Å². The summed E-state index contributed by atoms with van der Waals surface area (Å²) in [4.78, 5) is 14.7. The zero-order valence-corrected chi connectivity index (χ0v) is 19.1. The van der Waals surface area contributed by atoms with Crippen molar-refractivity contribution in [3.8, 4) is 11.5 Å². The Bertz CT molecular complexity index is 649. The van der Waals surface area contributed by atoms with Crippen LogP contribution in [0.15, 0.2) is 18.2 Å². The van der Waals surface area contributed by atoms with Gasteiger partial charge in [-0.15, -0.1) is 0 Å². The molecule has 1 aliphatic heterocycles. The van der Waals surface area contributed by atoms with Crippen LogP contribution in [0.5, 0.6) is 11.5 Å². The molecular formula is C24H40N2O5. The highest BCUT2D eigenvalue weighted by Crippen LogP contribution is 2.33. The number of aliphatic hydroxyl groups is 2. The molecule has 0 aliphatic carbocycles. The molecule has 7 nitrogen and oxygen atoms in total. The summed E-state index contributed by atoms with van der Waals surface area (Å²) in [5.74, 6) is 1.24. The van der Waals surface area contributed by atoms with Crippen LogP contribution < -0.4 is 14.8 Å². The van der Waals surface area contributed by atoms with Crippen molar-refractivity contribution in [3.63, 3.8) is 0 Å². The Morgan fingerprint density at radius 3 is 2.52 bits per heavy atom. The van der Waals surface area contributed by atoms with Crippen molar-refractivity contribution >= 4 is 5.91 Å². The molecule has 1 unspecified atom stereocenters. The molecule has 1 heterocycles. The fourth-order valence-corrected chi connectivity index (χ4v) is 3.90. The summed E-state index contributed by atoms with van der Waals surface area (Å²) in [6, 6.07) is 4.93. The standard InChI is InChI=1S/C24H40N2O5/c1-3-5-6-7-8-9-23(28)25-20(18-26(12-4-2)13-14-27)24(29)19-10-11-21-22(17-19)31-16-15-30-21/h10-11,17,20,24,27,29H,3-9,12-16,18H2,1-2H3,(H,25,28)/t20-,24?/m1/s1. The minimum Gasteiger partial charge on any atom is -0.486 e. The topological polar surface area (TPSA) is 91.3 Å². The molecule has 1 aliphatic rings. The van der Waals surface area contributed by atoms with E-state index >= 15 is 0 Å². The number of ether oxygens (including phenoxy) is 2. The van der Waals surface area contributed by atoms with Gasteiger partial charge in [0.05, 0.1) is 12.6 Å². The molecule has 1 amide bonds. The van der Waals surface area contributed by atoms with Gasteiger partial charge >= 0.3 is 0 Å². The molecule has 0 aromatic heterocycles. The number of amides is 1. The summed E-state index contributed by atoms with van der Waals surface area (Å²) >= 11 is 0. The van der Waals surface area contributed by atoms with Crippen LogP contribution in [-0.2, 0) is 4.79 Å². The van der Waals surface area contributed by atoms with E-state index < -0.39 is 12.1 Å². The second kappa shape index (κ2) is 14.3. The van der Waals surface area contributed by atoms with Crippen LogP contribution in [0, 0.1) is 0 Å². The van der Waals surface area contributed by atoms with Crippen LogP contribution in [0.2, 0.25) is 0 Å². The minimum absolute atomic E-state index is 0.0399. The first-order valence-electron chi connectivity index (χ1n) is 11.8. The first-order valence-corrected chi connectivity index (χ1v) is 11.8.